The Bertz CT molecular complexity index is 1160. The van der Waals surface area contributed by atoms with Crippen LogP contribution in [0.3, 0.4) is 0 Å². The van der Waals surface area contributed by atoms with Gasteiger partial charge < -0.3 is 10.1 Å². The van der Waals surface area contributed by atoms with Crippen LogP contribution in [0.15, 0.2) is 73.1 Å². The quantitative estimate of drug-likeness (QED) is 0.450. The number of hydrogen-bond donors (Lipinski definition) is 1. The predicted molar refractivity (Wildman–Crippen MR) is 117 cm³/mol. The van der Waals surface area contributed by atoms with Gasteiger partial charge in [0, 0.05) is 34.7 Å². The van der Waals surface area contributed by atoms with Crippen molar-refractivity contribution in [1.82, 2.24) is 25.2 Å². The maximum Gasteiger partial charge on any atom is 0.251 e. The molecule has 156 valence electrons. The van der Waals surface area contributed by atoms with E-state index in [0.717, 1.165) is 5.56 Å². The lowest BCUT2D eigenvalue weighted by Gasteiger charge is -2.14. The average Bonchev–Trinajstić information content (AvgIpc) is 3.25. The number of halogens is 1. The van der Waals surface area contributed by atoms with Crippen molar-refractivity contribution in [2.75, 3.05) is 5.32 Å². The van der Waals surface area contributed by atoms with E-state index in [1.807, 2.05) is 13.0 Å². The summed E-state index contributed by atoms with van der Waals surface area (Å²) in [5.74, 6) is 1.44. The predicted octanol–water partition coefficient (Wildman–Crippen LogP) is 4.77. The molecule has 1 N–H and O–H groups in total. The minimum atomic E-state index is -0.613. The third-order valence-electron chi connectivity index (χ3n) is 4.49. The van der Waals surface area contributed by atoms with Crippen LogP contribution in [0.1, 0.15) is 19.4 Å². The van der Waals surface area contributed by atoms with Gasteiger partial charge in [0.1, 0.15) is 11.5 Å². The highest BCUT2D eigenvalue weighted by molar-refractivity contribution is 6.30. The SMILES string of the molecule is CCC(C(=O)Nc1cccc(Oc2ccncc2)c1)n1nnc(-c2ccc(Cl)cc2)n1. The Morgan fingerprint density at radius 2 is 1.87 bits per heavy atom. The van der Waals surface area contributed by atoms with E-state index < -0.39 is 6.04 Å². The van der Waals surface area contributed by atoms with Gasteiger partial charge in [0.05, 0.1) is 0 Å². The molecule has 1 amide bonds. The molecule has 0 spiro atoms. The van der Waals surface area contributed by atoms with E-state index in [-0.39, 0.29) is 5.91 Å². The Morgan fingerprint density at radius 1 is 1.10 bits per heavy atom. The number of nitrogens with one attached hydrogen (secondary N) is 1. The molecule has 0 aliphatic carbocycles. The molecule has 0 aliphatic rings. The van der Waals surface area contributed by atoms with Crippen LogP contribution < -0.4 is 10.1 Å². The van der Waals surface area contributed by atoms with Crippen LogP contribution in [-0.4, -0.2) is 31.1 Å². The molecule has 4 aromatic rings. The lowest BCUT2D eigenvalue weighted by molar-refractivity contribution is -0.119. The Morgan fingerprint density at radius 3 is 2.61 bits per heavy atom. The summed E-state index contributed by atoms with van der Waals surface area (Å²) in [5.41, 5.74) is 1.37. The van der Waals surface area contributed by atoms with Crippen molar-refractivity contribution in [1.29, 1.82) is 0 Å². The Hall–Kier alpha value is -3.78. The number of benzene rings is 2. The van der Waals surface area contributed by atoms with E-state index in [1.165, 1.54) is 4.80 Å². The van der Waals surface area contributed by atoms with Gasteiger partial charge in [0.25, 0.3) is 5.91 Å². The van der Waals surface area contributed by atoms with Gasteiger partial charge >= 0.3 is 0 Å². The van der Waals surface area contributed by atoms with Crippen LogP contribution in [0, 0.1) is 0 Å². The van der Waals surface area contributed by atoms with Gasteiger partial charge in [-0.1, -0.05) is 24.6 Å². The van der Waals surface area contributed by atoms with Gasteiger partial charge in [0.15, 0.2) is 6.04 Å². The Labute approximate surface area is 183 Å². The first-order valence-electron chi connectivity index (χ1n) is 9.66. The summed E-state index contributed by atoms with van der Waals surface area (Å²) in [7, 11) is 0. The topological polar surface area (TPSA) is 94.8 Å². The fraction of sp³-hybridized carbons (Fsp3) is 0.136. The third kappa shape index (κ3) is 5.04. The second-order valence-electron chi connectivity index (χ2n) is 6.67. The van der Waals surface area contributed by atoms with Crippen LogP contribution in [0.5, 0.6) is 11.5 Å². The number of nitrogens with zero attached hydrogens (tertiary/aromatic N) is 5. The first kappa shape index (κ1) is 20.5. The molecular formula is C22H19ClN6O2. The number of carbonyl (C=O) groups is 1. The smallest absolute Gasteiger partial charge is 0.251 e. The molecule has 0 aliphatic heterocycles. The molecule has 2 heterocycles. The maximum atomic E-state index is 12.9. The number of hydrogen-bond acceptors (Lipinski definition) is 6. The summed E-state index contributed by atoms with van der Waals surface area (Å²) in [5, 5.41) is 16.0. The average molecular weight is 435 g/mol. The first-order chi connectivity index (χ1) is 15.1. The van der Waals surface area contributed by atoms with E-state index in [9.17, 15) is 4.79 Å². The van der Waals surface area contributed by atoms with Crippen molar-refractivity contribution < 1.29 is 9.53 Å². The van der Waals surface area contributed by atoms with Crippen molar-refractivity contribution in [3.63, 3.8) is 0 Å². The molecule has 0 saturated carbocycles. The highest BCUT2D eigenvalue weighted by atomic mass is 35.5. The van der Waals surface area contributed by atoms with Crippen molar-refractivity contribution in [3.05, 3.63) is 78.1 Å². The number of pyridine rings is 1. The molecule has 0 bridgehead atoms. The Balaban J connectivity index is 1.47. The van der Waals surface area contributed by atoms with Gasteiger partial charge in [0.2, 0.25) is 5.82 Å². The minimum absolute atomic E-state index is 0.247. The molecule has 8 nitrogen and oxygen atoms in total. The first-order valence-corrected chi connectivity index (χ1v) is 10.0. The highest BCUT2D eigenvalue weighted by Gasteiger charge is 2.22. The van der Waals surface area contributed by atoms with Crippen LogP contribution in [0.25, 0.3) is 11.4 Å². The maximum absolute atomic E-state index is 12.9. The lowest BCUT2D eigenvalue weighted by atomic mass is 10.2. The van der Waals surface area contributed by atoms with Gasteiger partial charge in [-0.25, -0.2) is 0 Å². The number of aromatic nitrogens is 5. The fourth-order valence-corrected chi connectivity index (χ4v) is 3.06. The van der Waals surface area contributed by atoms with Crippen molar-refractivity contribution in [2.45, 2.75) is 19.4 Å². The summed E-state index contributed by atoms with van der Waals surface area (Å²) in [6, 6.07) is 17.2. The molecule has 2 aromatic carbocycles. The molecule has 1 unspecified atom stereocenters. The highest BCUT2D eigenvalue weighted by Crippen LogP contribution is 2.24. The standard InChI is InChI=1S/C22H19ClN6O2/c1-2-20(29-27-21(26-28-29)15-6-8-16(23)9-7-15)22(30)25-17-4-3-5-19(14-17)31-18-10-12-24-13-11-18/h3-14,20H,2H2,1H3,(H,25,30). The van der Waals surface area contributed by atoms with Crippen LogP contribution >= 0.6 is 11.6 Å². The molecule has 1 atom stereocenters. The van der Waals surface area contributed by atoms with E-state index in [0.29, 0.717) is 34.5 Å². The fourth-order valence-electron chi connectivity index (χ4n) is 2.93. The van der Waals surface area contributed by atoms with Crippen molar-refractivity contribution in [3.8, 4) is 22.9 Å². The summed E-state index contributed by atoms with van der Waals surface area (Å²) in [6.45, 7) is 1.89. The van der Waals surface area contributed by atoms with E-state index in [4.69, 9.17) is 16.3 Å². The third-order valence-corrected chi connectivity index (χ3v) is 4.74. The lowest BCUT2D eigenvalue weighted by Crippen LogP contribution is -2.27. The minimum Gasteiger partial charge on any atom is -0.457 e. The van der Waals surface area contributed by atoms with Crippen LogP contribution in [0.2, 0.25) is 5.02 Å². The monoisotopic (exact) mass is 434 g/mol. The normalized spacial score (nSPS) is 11.7. The van der Waals surface area contributed by atoms with E-state index >= 15 is 0 Å². The molecule has 0 saturated heterocycles. The Kier molecular flexibility index (Phi) is 6.18. The second kappa shape index (κ2) is 9.36. The van der Waals surface area contributed by atoms with E-state index in [1.54, 1.807) is 67.0 Å². The number of amides is 1. The summed E-state index contributed by atoms with van der Waals surface area (Å²) in [4.78, 5) is 18.2. The second-order valence-corrected chi connectivity index (χ2v) is 7.10. The van der Waals surface area contributed by atoms with Gasteiger partial charge in [-0.15, -0.1) is 10.2 Å². The molecule has 31 heavy (non-hydrogen) atoms. The molecule has 0 fully saturated rings. The zero-order chi connectivity index (χ0) is 21.6. The number of anilines is 1. The zero-order valence-corrected chi connectivity index (χ0v) is 17.4. The summed E-state index contributed by atoms with van der Waals surface area (Å²) in [6.07, 6.45) is 3.79. The van der Waals surface area contributed by atoms with Crippen LogP contribution in [-0.2, 0) is 4.79 Å². The molecule has 0 radical (unpaired) electrons. The molecule has 9 heteroatoms. The van der Waals surface area contributed by atoms with Gasteiger partial charge in [-0.2, -0.15) is 4.80 Å². The van der Waals surface area contributed by atoms with Gasteiger partial charge in [-0.05, 0) is 60.2 Å². The number of carbonyl (C=O) groups excluding carboxylic acids is 1. The number of rotatable bonds is 7. The molecule has 2 aromatic heterocycles. The largest absolute Gasteiger partial charge is 0.457 e. The van der Waals surface area contributed by atoms with E-state index in [2.05, 4.69) is 25.7 Å². The van der Waals surface area contributed by atoms with Gasteiger partial charge in [-0.3, -0.25) is 9.78 Å². The molecule has 4 rings (SSSR count). The van der Waals surface area contributed by atoms with Crippen molar-refractivity contribution in [2.24, 2.45) is 0 Å². The number of ether oxygens (including phenoxy) is 1. The summed E-state index contributed by atoms with van der Waals surface area (Å²) < 4.78 is 5.79. The molecular weight excluding hydrogens is 416 g/mol. The zero-order valence-electron chi connectivity index (χ0n) is 16.6. The van der Waals surface area contributed by atoms with Crippen LogP contribution in [0.4, 0.5) is 5.69 Å². The summed E-state index contributed by atoms with van der Waals surface area (Å²) >= 11 is 5.93. The number of tetrazole rings is 1. The van der Waals surface area contributed by atoms with Crippen molar-refractivity contribution >= 4 is 23.2 Å².